The molecule has 0 aromatic heterocycles. The largest absolute Gasteiger partial charge is 0.496 e. The van der Waals surface area contributed by atoms with Gasteiger partial charge in [-0.1, -0.05) is 12.1 Å². The number of hydrogen-bond donors (Lipinski definition) is 2. The number of ether oxygens (including phenoxy) is 1. The van der Waals surface area contributed by atoms with E-state index >= 15 is 0 Å². The predicted octanol–water partition coefficient (Wildman–Crippen LogP) is 2.54. The Kier molecular flexibility index (Phi) is 4.67. The average molecular weight is 302 g/mol. The Morgan fingerprint density at radius 3 is 2.73 bits per heavy atom. The Morgan fingerprint density at radius 1 is 1.32 bits per heavy atom. The fourth-order valence-electron chi connectivity index (χ4n) is 3.85. The highest BCUT2D eigenvalue weighted by Crippen LogP contribution is 2.32. The fraction of sp³-hybridized carbons (Fsp3) is 0.611. The quantitative estimate of drug-likeness (QED) is 0.879. The predicted molar refractivity (Wildman–Crippen MR) is 86.9 cm³/mol. The van der Waals surface area contributed by atoms with Crippen LogP contribution in [0.5, 0.6) is 5.75 Å². The zero-order valence-corrected chi connectivity index (χ0v) is 13.5. The third-order valence-electron chi connectivity index (χ3n) is 5.01. The molecule has 2 saturated heterocycles. The second-order valence-corrected chi connectivity index (χ2v) is 6.76. The molecule has 2 bridgehead atoms. The molecule has 0 radical (unpaired) electrons. The average Bonchev–Trinajstić information content (AvgIpc) is 2.85. The lowest BCUT2D eigenvalue weighted by Gasteiger charge is -2.28. The van der Waals surface area contributed by atoms with E-state index in [1.54, 1.807) is 7.11 Å². The van der Waals surface area contributed by atoms with Crippen molar-refractivity contribution in [2.75, 3.05) is 7.11 Å². The normalized spacial score (nSPS) is 26.7. The van der Waals surface area contributed by atoms with Gasteiger partial charge < -0.3 is 15.4 Å². The van der Waals surface area contributed by atoms with Crippen LogP contribution in [0.3, 0.4) is 0 Å². The van der Waals surface area contributed by atoms with Crippen LogP contribution in [0.25, 0.3) is 0 Å². The Balaban J connectivity index is 1.48. The van der Waals surface area contributed by atoms with Crippen molar-refractivity contribution in [2.45, 2.75) is 57.7 Å². The van der Waals surface area contributed by atoms with Crippen molar-refractivity contribution in [3.8, 4) is 5.75 Å². The first-order valence-corrected chi connectivity index (χ1v) is 8.30. The Labute approximate surface area is 132 Å². The number of rotatable bonds is 5. The van der Waals surface area contributed by atoms with E-state index in [-0.39, 0.29) is 5.91 Å². The third-order valence-corrected chi connectivity index (χ3v) is 5.01. The summed E-state index contributed by atoms with van der Waals surface area (Å²) in [6, 6.07) is 7.38. The van der Waals surface area contributed by atoms with Crippen LogP contribution < -0.4 is 15.4 Å². The van der Waals surface area contributed by atoms with Gasteiger partial charge in [0.2, 0.25) is 5.91 Å². The number of carbonyl (C=O) groups is 1. The van der Waals surface area contributed by atoms with Gasteiger partial charge in [0.1, 0.15) is 5.75 Å². The van der Waals surface area contributed by atoms with Gasteiger partial charge in [-0.3, -0.25) is 4.79 Å². The highest BCUT2D eigenvalue weighted by Gasteiger charge is 2.34. The number of benzene rings is 1. The molecular weight excluding hydrogens is 276 g/mol. The van der Waals surface area contributed by atoms with Crippen molar-refractivity contribution in [3.05, 3.63) is 29.3 Å². The maximum absolute atomic E-state index is 12.2. The van der Waals surface area contributed by atoms with E-state index < -0.39 is 0 Å². The van der Waals surface area contributed by atoms with Gasteiger partial charge in [-0.2, -0.15) is 0 Å². The monoisotopic (exact) mass is 302 g/mol. The van der Waals surface area contributed by atoms with Gasteiger partial charge in [0, 0.05) is 25.0 Å². The van der Waals surface area contributed by atoms with E-state index in [2.05, 4.69) is 10.6 Å². The molecule has 2 unspecified atom stereocenters. The van der Waals surface area contributed by atoms with Crippen LogP contribution in [-0.4, -0.2) is 25.1 Å². The Morgan fingerprint density at radius 2 is 2.05 bits per heavy atom. The molecule has 0 spiro atoms. The van der Waals surface area contributed by atoms with Crippen molar-refractivity contribution < 1.29 is 9.53 Å². The topological polar surface area (TPSA) is 50.4 Å². The number of piperidine rings is 1. The summed E-state index contributed by atoms with van der Waals surface area (Å²) >= 11 is 0. The molecule has 22 heavy (non-hydrogen) atoms. The fourth-order valence-corrected chi connectivity index (χ4v) is 3.85. The van der Waals surface area contributed by atoms with Crippen LogP contribution in [0.4, 0.5) is 0 Å². The summed E-state index contributed by atoms with van der Waals surface area (Å²) < 4.78 is 5.32. The second-order valence-electron chi connectivity index (χ2n) is 6.76. The van der Waals surface area contributed by atoms with E-state index in [4.69, 9.17) is 4.74 Å². The summed E-state index contributed by atoms with van der Waals surface area (Å²) in [5.74, 6) is 1.60. The summed E-state index contributed by atoms with van der Waals surface area (Å²) in [6.07, 6.45) is 5.54. The molecule has 2 aliphatic heterocycles. The SMILES string of the molecule is COc1cc(CNC(=O)CC2CC3CCC(C2)N3)ccc1C. The minimum atomic E-state index is 0.172. The van der Waals surface area contributed by atoms with Gasteiger partial charge in [0.05, 0.1) is 7.11 Å². The first kappa shape index (κ1) is 15.3. The van der Waals surface area contributed by atoms with Crippen LogP contribution in [0.15, 0.2) is 18.2 Å². The van der Waals surface area contributed by atoms with E-state index in [1.165, 1.54) is 12.8 Å². The summed E-state index contributed by atoms with van der Waals surface area (Å²) in [5.41, 5.74) is 2.20. The van der Waals surface area contributed by atoms with Crippen molar-refractivity contribution >= 4 is 5.91 Å². The van der Waals surface area contributed by atoms with E-state index in [0.717, 1.165) is 29.7 Å². The molecule has 1 aromatic rings. The van der Waals surface area contributed by atoms with Crippen LogP contribution in [0.1, 0.15) is 43.2 Å². The molecule has 2 heterocycles. The number of fused-ring (bicyclic) bond motifs is 2. The minimum absolute atomic E-state index is 0.172. The maximum Gasteiger partial charge on any atom is 0.220 e. The first-order valence-electron chi connectivity index (χ1n) is 8.30. The van der Waals surface area contributed by atoms with Gasteiger partial charge in [-0.25, -0.2) is 0 Å². The van der Waals surface area contributed by atoms with Crippen molar-refractivity contribution in [2.24, 2.45) is 5.92 Å². The first-order chi connectivity index (χ1) is 10.6. The molecule has 2 fully saturated rings. The molecule has 0 saturated carbocycles. The highest BCUT2D eigenvalue weighted by atomic mass is 16.5. The zero-order valence-electron chi connectivity index (χ0n) is 13.5. The Bertz CT molecular complexity index is 532. The van der Waals surface area contributed by atoms with E-state index in [9.17, 15) is 4.79 Å². The van der Waals surface area contributed by atoms with Gasteiger partial charge >= 0.3 is 0 Å². The molecule has 120 valence electrons. The van der Waals surface area contributed by atoms with Crippen LogP contribution in [0, 0.1) is 12.8 Å². The number of methoxy groups -OCH3 is 1. The molecule has 1 amide bonds. The Hall–Kier alpha value is -1.55. The minimum Gasteiger partial charge on any atom is -0.496 e. The molecule has 1 aromatic carbocycles. The molecule has 2 aliphatic rings. The number of aryl methyl sites for hydroxylation is 1. The molecule has 4 heteroatoms. The molecule has 2 N–H and O–H groups in total. The third kappa shape index (κ3) is 3.61. The summed E-state index contributed by atoms with van der Waals surface area (Å²) in [5, 5.41) is 6.68. The summed E-state index contributed by atoms with van der Waals surface area (Å²) in [6.45, 7) is 2.60. The number of carbonyl (C=O) groups excluding carboxylic acids is 1. The lowest BCUT2D eigenvalue weighted by molar-refractivity contribution is -0.122. The second kappa shape index (κ2) is 6.69. The van der Waals surface area contributed by atoms with Crippen LogP contribution in [0.2, 0.25) is 0 Å². The molecule has 3 rings (SSSR count). The van der Waals surface area contributed by atoms with E-state index in [0.29, 0.717) is 31.0 Å². The van der Waals surface area contributed by atoms with Gasteiger partial charge in [0.15, 0.2) is 0 Å². The molecule has 4 nitrogen and oxygen atoms in total. The summed E-state index contributed by atoms with van der Waals surface area (Å²) in [7, 11) is 1.68. The molecule has 2 atom stereocenters. The van der Waals surface area contributed by atoms with Crippen LogP contribution in [-0.2, 0) is 11.3 Å². The molecule has 0 aliphatic carbocycles. The van der Waals surface area contributed by atoms with Gasteiger partial charge in [-0.15, -0.1) is 0 Å². The van der Waals surface area contributed by atoms with Gasteiger partial charge in [-0.05, 0) is 55.7 Å². The standard InChI is InChI=1S/C18H26N2O2/c1-12-3-4-13(9-17(12)22-2)11-19-18(21)10-14-7-15-5-6-16(8-14)20-15/h3-4,9,14-16,20H,5-8,10-11H2,1-2H3,(H,19,21). The zero-order chi connectivity index (χ0) is 15.5. The number of amides is 1. The van der Waals surface area contributed by atoms with Crippen molar-refractivity contribution in [3.63, 3.8) is 0 Å². The van der Waals surface area contributed by atoms with Crippen LogP contribution >= 0.6 is 0 Å². The lowest BCUT2D eigenvalue weighted by Crippen LogP contribution is -2.39. The number of hydrogen-bond acceptors (Lipinski definition) is 3. The smallest absolute Gasteiger partial charge is 0.220 e. The highest BCUT2D eigenvalue weighted by molar-refractivity contribution is 5.76. The molecular formula is C18H26N2O2. The van der Waals surface area contributed by atoms with Gasteiger partial charge in [0.25, 0.3) is 0 Å². The summed E-state index contributed by atoms with van der Waals surface area (Å²) in [4.78, 5) is 12.2. The maximum atomic E-state index is 12.2. The van der Waals surface area contributed by atoms with Crippen molar-refractivity contribution in [1.82, 2.24) is 10.6 Å². The number of nitrogens with one attached hydrogen (secondary N) is 2. The van der Waals surface area contributed by atoms with E-state index in [1.807, 2.05) is 25.1 Å². The lowest BCUT2D eigenvalue weighted by atomic mass is 9.89. The van der Waals surface area contributed by atoms with Crippen molar-refractivity contribution in [1.29, 1.82) is 0 Å².